The molecule has 0 aliphatic carbocycles. The summed E-state index contributed by atoms with van der Waals surface area (Å²) in [5.74, 6) is -3.60. The van der Waals surface area contributed by atoms with Gasteiger partial charge in [-0.15, -0.1) is 0 Å². The van der Waals surface area contributed by atoms with Gasteiger partial charge in [-0.05, 0) is 31.7 Å². The summed E-state index contributed by atoms with van der Waals surface area (Å²) in [6, 6.07) is -4.46. The molecule has 174 valence electrons. The lowest BCUT2D eigenvalue weighted by Crippen LogP contribution is -2.58. The lowest BCUT2D eigenvalue weighted by Gasteiger charge is -2.25. The maximum Gasteiger partial charge on any atom is 0.327 e. The molecule has 30 heavy (non-hydrogen) atoms. The molecule has 0 saturated carbocycles. The molecule has 9 N–H and O–H groups in total. The smallest absolute Gasteiger partial charge is 0.327 e. The second kappa shape index (κ2) is 15.0. The Bertz CT molecular complexity index is 579. The Labute approximate surface area is 182 Å². The minimum Gasteiger partial charge on any atom is -0.480 e. The van der Waals surface area contributed by atoms with Crippen LogP contribution in [0.1, 0.15) is 39.5 Å². The first-order valence-corrected chi connectivity index (χ1v) is 10.6. The predicted octanol–water partition coefficient (Wildman–Crippen LogP) is -2.05. The van der Waals surface area contributed by atoms with Crippen molar-refractivity contribution in [3.63, 3.8) is 0 Å². The van der Waals surface area contributed by atoms with Gasteiger partial charge in [0.2, 0.25) is 17.7 Å². The lowest BCUT2D eigenvalue weighted by molar-refractivity contribution is -0.141. The molecule has 0 aliphatic rings. The summed E-state index contributed by atoms with van der Waals surface area (Å²) >= 11 is 3.89. The quantitative estimate of drug-likeness (QED) is 0.103. The molecular formula is C18H35N5O6S. The van der Waals surface area contributed by atoms with E-state index in [1.165, 1.54) is 0 Å². The normalized spacial score (nSPS) is 15.9. The fraction of sp³-hybridized carbons (Fsp3) is 0.778. The fourth-order valence-corrected chi connectivity index (χ4v) is 2.71. The van der Waals surface area contributed by atoms with Gasteiger partial charge in [-0.1, -0.05) is 20.3 Å². The van der Waals surface area contributed by atoms with Crippen LogP contribution in [-0.2, 0) is 19.2 Å². The number of hydrogen-bond donors (Lipinski definition) is 8. The number of aliphatic carboxylic acids is 1. The number of carbonyl (C=O) groups excluding carboxylic acids is 3. The highest BCUT2D eigenvalue weighted by atomic mass is 32.1. The summed E-state index contributed by atoms with van der Waals surface area (Å²) in [6.45, 7) is 3.35. The van der Waals surface area contributed by atoms with Gasteiger partial charge in [0, 0.05) is 5.75 Å². The number of aliphatic hydroxyl groups is 1. The topological polar surface area (TPSA) is 197 Å². The number of rotatable bonds is 15. The molecule has 0 bridgehead atoms. The number of carboxylic acids is 1. The summed E-state index contributed by atoms with van der Waals surface area (Å²) in [5.41, 5.74) is 11.3. The van der Waals surface area contributed by atoms with E-state index in [1.807, 2.05) is 6.92 Å². The van der Waals surface area contributed by atoms with Crippen molar-refractivity contribution in [1.82, 2.24) is 16.0 Å². The third-order valence-corrected chi connectivity index (χ3v) is 5.12. The van der Waals surface area contributed by atoms with Gasteiger partial charge in [0.15, 0.2) is 0 Å². The van der Waals surface area contributed by atoms with Crippen molar-refractivity contribution in [2.24, 2.45) is 17.4 Å². The van der Waals surface area contributed by atoms with E-state index in [4.69, 9.17) is 16.6 Å². The molecule has 0 fully saturated rings. The van der Waals surface area contributed by atoms with Gasteiger partial charge in [-0.25, -0.2) is 4.79 Å². The zero-order valence-corrected chi connectivity index (χ0v) is 18.4. The van der Waals surface area contributed by atoms with Gasteiger partial charge < -0.3 is 37.6 Å². The maximum absolute atomic E-state index is 12.5. The van der Waals surface area contributed by atoms with E-state index in [0.29, 0.717) is 25.8 Å². The van der Waals surface area contributed by atoms with Crippen LogP contribution >= 0.6 is 12.6 Å². The summed E-state index contributed by atoms with van der Waals surface area (Å²) < 4.78 is 0. The maximum atomic E-state index is 12.5. The van der Waals surface area contributed by atoms with Crippen LogP contribution in [0.2, 0.25) is 0 Å². The zero-order valence-electron chi connectivity index (χ0n) is 17.5. The highest BCUT2D eigenvalue weighted by molar-refractivity contribution is 7.80. The Hall–Kier alpha value is -1.89. The molecule has 0 aromatic heterocycles. The van der Waals surface area contributed by atoms with E-state index in [0.717, 1.165) is 0 Å². The summed E-state index contributed by atoms with van der Waals surface area (Å²) in [7, 11) is 0. The van der Waals surface area contributed by atoms with E-state index in [-0.39, 0.29) is 18.1 Å². The highest BCUT2D eigenvalue weighted by Gasteiger charge is 2.30. The Morgan fingerprint density at radius 1 is 0.967 bits per heavy atom. The molecular weight excluding hydrogens is 414 g/mol. The number of carbonyl (C=O) groups is 4. The van der Waals surface area contributed by atoms with Gasteiger partial charge in [-0.2, -0.15) is 12.6 Å². The number of amides is 3. The molecule has 0 aromatic rings. The van der Waals surface area contributed by atoms with Crippen LogP contribution in [-0.4, -0.2) is 77.0 Å². The Morgan fingerprint density at radius 3 is 1.97 bits per heavy atom. The number of nitrogens with one attached hydrogen (secondary N) is 3. The van der Waals surface area contributed by atoms with Gasteiger partial charge in [0.1, 0.15) is 18.1 Å². The first-order chi connectivity index (χ1) is 14.1. The predicted molar refractivity (Wildman–Crippen MR) is 115 cm³/mol. The van der Waals surface area contributed by atoms with Crippen LogP contribution in [0.15, 0.2) is 0 Å². The second-order valence-electron chi connectivity index (χ2n) is 7.08. The van der Waals surface area contributed by atoms with Crippen molar-refractivity contribution in [1.29, 1.82) is 0 Å². The molecule has 0 spiro atoms. The van der Waals surface area contributed by atoms with Crippen LogP contribution in [0.5, 0.6) is 0 Å². The molecule has 11 nitrogen and oxygen atoms in total. The minimum atomic E-state index is -1.31. The monoisotopic (exact) mass is 449 g/mol. The average Bonchev–Trinajstić information content (AvgIpc) is 2.72. The minimum absolute atomic E-state index is 0.128. The first-order valence-electron chi connectivity index (χ1n) is 9.94. The molecule has 0 aromatic carbocycles. The third-order valence-electron chi connectivity index (χ3n) is 4.75. The molecule has 5 unspecified atom stereocenters. The molecule has 12 heteroatoms. The molecule has 5 atom stereocenters. The summed E-state index contributed by atoms with van der Waals surface area (Å²) in [5, 5.41) is 25.7. The number of carboxylic acid groups (broad SMARTS) is 1. The van der Waals surface area contributed by atoms with Crippen LogP contribution in [0.3, 0.4) is 0 Å². The number of nitrogens with two attached hydrogens (primary N) is 2. The molecule has 0 aliphatic heterocycles. The average molecular weight is 450 g/mol. The van der Waals surface area contributed by atoms with E-state index in [1.54, 1.807) is 6.92 Å². The van der Waals surface area contributed by atoms with Crippen molar-refractivity contribution >= 4 is 36.3 Å². The number of aliphatic hydroxyl groups excluding tert-OH is 1. The Balaban J connectivity index is 5.19. The van der Waals surface area contributed by atoms with E-state index >= 15 is 0 Å². The largest absolute Gasteiger partial charge is 0.480 e. The molecule has 0 heterocycles. The SMILES string of the molecule is CCC(C)C(N)C(=O)NC(CO)C(=O)NC(CCCCN)C(=O)NC(CS)C(=O)O. The van der Waals surface area contributed by atoms with Crippen molar-refractivity contribution in [3.8, 4) is 0 Å². The van der Waals surface area contributed by atoms with Crippen LogP contribution < -0.4 is 27.4 Å². The van der Waals surface area contributed by atoms with Crippen LogP contribution in [0, 0.1) is 5.92 Å². The van der Waals surface area contributed by atoms with E-state index in [9.17, 15) is 24.3 Å². The fourth-order valence-electron chi connectivity index (χ4n) is 2.47. The second-order valence-corrected chi connectivity index (χ2v) is 7.45. The van der Waals surface area contributed by atoms with Crippen molar-refractivity contribution in [2.75, 3.05) is 18.9 Å². The standard InChI is InChI=1S/C18H35N5O6S/c1-3-10(2)14(20)17(27)22-12(8-24)16(26)21-11(6-4-5-7-19)15(25)23-13(9-30)18(28)29/h10-14,24,30H,3-9,19-20H2,1-2H3,(H,21,26)(H,22,27)(H,23,25)(H,28,29). The van der Waals surface area contributed by atoms with Crippen molar-refractivity contribution in [3.05, 3.63) is 0 Å². The lowest BCUT2D eigenvalue weighted by atomic mass is 9.99. The molecule has 0 saturated heterocycles. The van der Waals surface area contributed by atoms with E-state index in [2.05, 4.69) is 28.6 Å². The molecule has 0 rings (SSSR count). The number of unbranched alkanes of at least 4 members (excludes halogenated alkanes) is 1. The summed E-state index contributed by atoms with van der Waals surface area (Å²) in [4.78, 5) is 48.4. The van der Waals surface area contributed by atoms with Gasteiger partial charge in [-0.3, -0.25) is 14.4 Å². The van der Waals surface area contributed by atoms with Crippen molar-refractivity contribution in [2.45, 2.75) is 63.7 Å². The van der Waals surface area contributed by atoms with Crippen LogP contribution in [0.25, 0.3) is 0 Å². The highest BCUT2D eigenvalue weighted by Crippen LogP contribution is 2.06. The van der Waals surface area contributed by atoms with Crippen molar-refractivity contribution < 1.29 is 29.4 Å². The number of hydrogen-bond acceptors (Lipinski definition) is 8. The zero-order chi connectivity index (χ0) is 23.3. The van der Waals surface area contributed by atoms with Gasteiger partial charge in [0.05, 0.1) is 12.6 Å². The van der Waals surface area contributed by atoms with E-state index < -0.39 is 54.5 Å². The first kappa shape index (κ1) is 28.1. The number of thiol groups is 1. The van der Waals surface area contributed by atoms with Gasteiger partial charge in [0.25, 0.3) is 0 Å². The Morgan fingerprint density at radius 2 is 1.50 bits per heavy atom. The Kier molecular flexibility index (Phi) is 14.0. The van der Waals surface area contributed by atoms with Crippen LogP contribution in [0.4, 0.5) is 0 Å². The molecule has 3 amide bonds. The molecule has 0 radical (unpaired) electrons. The summed E-state index contributed by atoms with van der Waals surface area (Å²) in [6.07, 6.45) is 1.96. The van der Waals surface area contributed by atoms with Gasteiger partial charge >= 0.3 is 5.97 Å². The third kappa shape index (κ3) is 9.74.